The Balaban J connectivity index is 2.47. The molecule has 2 heterocycles. The molecule has 0 spiro atoms. The summed E-state index contributed by atoms with van der Waals surface area (Å²) in [6.45, 7) is 2.12. The summed E-state index contributed by atoms with van der Waals surface area (Å²) in [6, 6.07) is 5.93. The van der Waals surface area contributed by atoms with Crippen LogP contribution in [0.15, 0.2) is 36.8 Å². The van der Waals surface area contributed by atoms with E-state index in [0.29, 0.717) is 0 Å². The maximum absolute atomic E-state index is 4.25. The van der Waals surface area contributed by atoms with Gasteiger partial charge in [-0.15, -0.1) is 0 Å². The predicted octanol–water partition coefficient (Wildman–Crippen LogP) is 1.83. The minimum atomic E-state index is 0.988. The van der Waals surface area contributed by atoms with Crippen LogP contribution in [-0.2, 0) is 6.42 Å². The maximum Gasteiger partial charge on any atom is 0.0679 e. The number of hydrogen-bond acceptors (Lipinski definition) is 2. The van der Waals surface area contributed by atoms with Crippen molar-refractivity contribution in [2.75, 3.05) is 0 Å². The lowest BCUT2D eigenvalue weighted by Gasteiger charge is -2.03. The molecule has 0 fully saturated rings. The molecule has 0 radical (unpaired) electrons. The number of hydrogen-bond donors (Lipinski definition) is 0. The van der Waals surface area contributed by atoms with Crippen LogP contribution < -0.4 is 0 Å². The van der Waals surface area contributed by atoms with E-state index < -0.39 is 0 Å². The minimum absolute atomic E-state index is 0.988. The summed E-state index contributed by atoms with van der Waals surface area (Å²) in [5, 5.41) is 4.25. The molecule has 13 heavy (non-hydrogen) atoms. The highest BCUT2D eigenvalue weighted by Crippen LogP contribution is 2.08. The summed E-state index contributed by atoms with van der Waals surface area (Å²) in [4.78, 5) is 3.97. The van der Waals surface area contributed by atoms with Crippen molar-refractivity contribution in [1.29, 1.82) is 0 Å². The van der Waals surface area contributed by atoms with E-state index in [9.17, 15) is 0 Å². The maximum atomic E-state index is 4.25. The molecule has 0 bridgehead atoms. The molecule has 2 aromatic rings. The van der Waals surface area contributed by atoms with Gasteiger partial charge in [0.15, 0.2) is 0 Å². The van der Waals surface area contributed by atoms with Gasteiger partial charge in [0.05, 0.1) is 5.69 Å². The van der Waals surface area contributed by atoms with Crippen LogP contribution in [0.1, 0.15) is 12.6 Å². The van der Waals surface area contributed by atoms with Crippen molar-refractivity contribution >= 4 is 0 Å². The van der Waals surface area contributed by atoms with E-state index in [1.165, 1.54) is 5.69 Å². The molecule has 0 aliphatic heterocycles. The van der Waals surface area contributed by atoms with Crippen molar-refractivity contribution in [3.63, 3.8) is 0 Å². The SMILES string of the molecule is CCc1ccnn1-c1ccncc1. The summed E-state index contributed by atoms with van der Waals surface area (Å²) in [5.41, 5.74) is 2.28. The molecule has 0 saturated heterocycles. The highest BCUT2D eigenvalue weighted by molar-refractivity contribution is 5.29. The van der Waals surface area contributed by atoms with Crippen LogP contribution in [0.2, 0.25) is 0 Å². The fraction of sp³-hybridized carbons (Fsp3) is 0.200. The third-order valence-corrected chi connectivity index (χ3v) is 1.99. The van der Waals surface area contributed by atoms with Crippen molar-refractivity contribution in [2.24, 2.45) is 0 Å². The summed E-state index contributed by atoms with van der Waals surface area (Å²) in [5.74, 6) is 0. The van der Waals surface area contributed by atoms with Crippen LogP contribution in [0.4, 0.5) is 0 Å². The second-order valence-electron chi connectivity index (χ2n) is 2.79. The molecule has 2 aromatic heterocycles. The van der Waals surface area contributed by atoms with E-state index in [1.54, 1.807) is 12.4 Å². The molecule has 0 unspecified atom stereocenters. The van der Waals surface area contributed by atoms with Gasteiger partial charge in [-0.1, -0.05) is 6.92 Å². The fourth-order valence-electron chi connectivity index (χ4n) is 1.32. The zero-order valence-corrected chi connectivity index (χ0v) is 7.51. The smallest absolute Gasteiger partial charge is 0.0679 e. The average Bonchev–Trinajstić information content (AvgIpc) is 2.67. The van der Waals surface area contributed by atoms with Crippen LogP contribution in [0.5, 0.6) is 0 Å². The second kappa shape index (κ2) is 3.39. The van der Waals surface area contributed by atoms with Crippen molar-refractivity contribution in [3.05, 3.63) is 42.5 Å². The van der Waals surface area contributed by atoms with Crippen LogP contribution in [0.3, 0.4) is 0 Å². The number of rotatable bonds is 2. The summed E-state index contributed by atoms with van der Waals surface area (Å²) >= 11 is 0. The molecule has 0 N–H and O–H groups in total. The zero-order valence-electron chi connectivity index (χ0n) is 7.51. The van der Waals surface area contributed by atoms with Crippen molar-refractivity contribution in [1.82, 2.24) is 14.8 Å². The fourth-order valence-corrected chi connectivity index (χ4v) is 1.32. The van der Waals surface area contributed by atoms with Gasteiger partial charge >= 0.3 is 0 Å². The molecule has 0 aliphatic rings. The van der Waals surface area contributed by atoms with Gasteiger partial charge in [-0.2, -0.15) is 5.10 Å². The van der Waals surface area contributed by atoms with Gasteiger partial charge in [-0.25, -0.2) is 4.68 Å². The number of nitrogens with zero attached hydrogens (tertiary/aromatic N) is 3. The van der Waals surface area contributed by atoms with Gasteiger partial charge in [0.2, 0.25) is 0 Å². The van der Waals surface area contributed by atoms with E-state index in [-0.39, 0.29) is 0 Å². The molecular weight excluding hydrogens is 162 g/mol. The molecule has 3 heteroatoms. The Bertz CT molecular complexity index is 378. The Morgan fingerprint density at radius 3 is 2.62 bits per heavy atom. The highest BCUT2D eigenvalue weighted by Gasteiger charge is 2.00. The highest BCUT2D eigenvalue weighted by atomic mass is 15.3. The van der Waals surface area contributed by atoms with E-state index in [2.05, 4.69) is 17.0 Å². The van der Waals surface area contributed by atoms with Crippen LogP contribution in [0.25, 0.3) is 5.69 Å². The first kappa shape index (κ1) is 7.98. The molecule has 0 amide bonds. The summed E-state index contributed by atoms with van der Waals surface area (Å²) < 4.78 is 1.93. The average molecular weight is 173 g/mol. The monoisotopic (exact) mass is 173 g/mol. The Morgan fingerprint density at radius 1 is 1.15 bits per heavy atom. The second-order valence-corrected chi connectivity index (χ2v) is 2.79. The summed E-state index contributed by atoms with van der Waals surface area (Å²) in [6.07, 6.45) is 6.36. The van der Waals surface area contributed by atoms with E-state index in [0.717, 1.165) is 12.1 Å². The van der Waals surface area contributed by atoms with Crippen molar-refractivity contribution in [2.45, 2.75) is 13.3 Å². The molecular formula is C10H11N3. The lowest BCUT2D eigenvalue weighted by Crippen LogP contribution is -2.00. The first-order chi connectivity index (χ1) is 6.42. The Labute approximate surface area is 77.0 Å². The van der Waals surface area contributed by atoms with Gasteiger partial charge in [0, 0.05) is 24.3 Å². The first-order valence-corrected chi connectivity index (χ1v) is 4.35. The van der Waals surface area contributed by atoms with Gasteiger partial charge in [0.25, 0.3) is 0 Å². The third-order valence-electron chi connectivity index (χ3n) is 1.99. The van der Waals surface area contributed by atoms with Gasteiger partial charge < -0.3 is 0 Å². The molecule has 0 atom stereocenters. The van der Waals surface area contributed by atoms with Crippen LogP contribution in [-0.4, -0.2) is 14.8 Å². The third kappa shape index (κ3) is 1.45. The molecule has 0 aliphatic carbocycles. The Kier molecular flexibility index (Phi) is 2.08. The van der Waals surface area contributed by atoms with Crippen molar-refractivity contribution in [3.8, 4) is 5.69 Å². The molecule has 0 aromatic carbocycles. The summed E-state index contributed by atoms with van der Waals surface area (Å²) in [7, 11) is 0. The standard InChI is InChI=1S/C10H11N3/c1-2-9-5-8-12-13(9)10-3-6-11-7-4-10/h3-8H,2H2,1H3. The van der Waals surface area contributed by atoms with E-state index in [1.807, 2.05) is 29.1 Å². The normalized spacial score (nSPS) is 10.2. The molecule has 3 nitrogen and oxygen atoms in total. The lowest BCUT2D eigenvalue weighted by molar-refractivity contribution is 0.812. The Hall–Kier alpha value is -1.64. The Morgan fingerprint density at radius 2 is 1.92 bits per heavy atom. The van der Waals surface area contributed by atoms with E-state index in [4.69, 9.17) is 0 Å². The first-order valence-electron chi connectivity index (χ1n) is 4.35. The van der Waals surface area contributed by atoms with Crippen LogP contribution >= 0.6 is 0 Å². The quantitative estimate of drug-likeness (QED) is 0.693. The van der Waals surface area contributed by atoms with Gasteiger partial charge in [-0.05, 0) is 24.6 Å². The number of aromatic nitrogens is 3. The number of aryl methyl sites for hydroxylation is 1. The van der Waals surface area contributed by atoms with E-state index >= 15 is 0 Å². The predicted molar refractivity (Wildman–Crippen MR) is 50.7 cm³/mol. The minimum Gasteiger partial charge on any atom is -0.265 e. The van der Waals surface area contributed by atoms with Gasteiger partial charge in [0.1, 0.15) is 0 Å². The van der Waals surface area contributed by atoms with Crippen LogP contribution in [0, 0.1) is 0 Å². The largest absolute Gasteiger partial charge is 0.265 e. The van der Waals surface area contributed by atoms with Crippen molar-refractivity contribution < 1.29 is 0 Å². The molecule has 2 rings (SSSR count). The zero-order chi connectivity index (χ0) is 9.10. The molecule has 0 saturated carbocycles. The topological polar surface area (TPSA) is 30.7 Å². The number of pyridine rings is 1. The molecule has 66 valence electrons. The lowest BCUT2D eigenvalue weighted by atomic mass is 10.3. The van der Waals surface area contributed by atoms with Gasteiger partial charge in [-0.3, -0.25) is 4.98 Å².